The summed E-state index contributed by atoms with van der Waals surface area (Å²) in [5.74, 6) is 0.0649. The fourth-order valence-corrected chi connectivity index (χ4v) is 3.40. The maximum absolute atomic E-state index is 15.0. The Morgan fingerprint density at radius 3 is 2.53 bits per heavy atom. The average molecular weight is 428 g/mol. The molecule has 3 heterocycles. The zero-order valence-electron chi connectivity index (χ0n) is 17.0. The average Bonchev–Trinajstić information content (AvgIpc) is 3.52. The molecule has 0 N–H and O–H groups in total. The summed E-state index contributed by atoms with van der Waals surface area (Å²) in [7, 11) is 1.38. The Morgan fingerprint density at radius 1 is 0.969 bits per heavy atom. The van der Waals surface area contributed by atoms with Crippen molar-refractivity contribution >= 4 is 0 Å². The van der Waals surface area contributed by atoms with Gasteiger partial charge in [-0.2, -0.15) is 5.10 Å². The molecule has 0 spiro atoms. The van der Waals surface area contributed by atoms with E-state index in [9.17, 15) is 4.79 Å². The topological polar surface area (TPSA) is 79.8 Å². The molecule has 0 atom stereocenters. The van der Waals surface area contributed by atoms with Crippen molar-refractivity contribution in [2.24, 2.45) is 0 Å². The molecule has 0 unspecified atom stereocenters. The lowest BCUT2D eigenvalue weighted by molar-refractivity contribution is 0.404. The number of nitrogens with zero attached hydrogens (tertiary/aromatic N) is 6. The van der Waals surface area contributed by atoms with Crippen molar-refractivity contribution in [2.45, 2.75) is 0 Å². The standard InChI is InChI=1S/C23H17FN6O2/c1-32-20-15-30(19-9-8-17(14-18(19)24)29-12-5-10-26-29)27-23(21(20)31)28-13-11-25-22(28)16-6-3-2-4-7-16/h2-15H,1H3. The van der Waals surface area contributed by atoms with Gasteiger partial charge in [-0.3, -0.25) is 9.36 Å². The molecular formula is C23H17FN6O2. The highest BCUT2D eigenvalue weighted by Gasteiger charge is 2.18. The highest BCUT2D eigenvalue weighted by molar-refractivity contribution is 5.58. The molecule has 0 saturated carbocycles. The lowest BCUT2D eigenvalue weighted by atomic mass is 10.2. The van der Waals surface area contributed by atoms with E-state index in [1.807, 2.05) is 30.3 Å². The van der Waals surface area contributed by atoms with Crippen LogP contribution in [0.5, 0.6) is 5.75 Å². The van der Waals surface area contributed by atoms with Gasteiger partial charge in [0.25, 0.3) is 5.43 Å². The predicted molar refractivity (Wildman–Crippen MR) is 116 cm³/mol. The highest BCUT2D eigenvalue weighted by atomic mass is 19.1. The fraction of sp³-hybridized carbons (Fsp3) is 0.0435. The minimum atomic E-state index is -0.531. The quantitative estimate of drug-likeness (QED) is 0.429. The lowest BCUT2D eigenvalue weighted by Crippen LogP contribution is -2.21. The molecule has 0 saturated heterocycles. The second-order valence-electron chi connectivity index (χ2n) is 6.87. The summed E-state index contributed by atoms with van der Waals surface area (Å²) >= 11 is 0. The van der Waals surface area contributed by atoms with Crippen molar-refractivity contribution in [1.29, 1.82) is 0 Å². The summed E-state index contributed by atoms with van der Waals surface area (Å²) in [6.07, 6.45) is 7.90. The van der Waals surface area contributed by atoms with E-state index in [4.69, 9.17) is 4.74 Å². The van der Waals surface area contributed by atoms with E-state index in [2.05, 4.69) is 15.2 Å². The van der Waals surface area contributed by atoms with Crippen molar-refractivity contribution in [2.75, 3.05) is 7.11 Å². The summed E-state index contributed by atoms with van der Waals surface area (Å²) in [6.45, 7) is 0. The van der Waals surface area contributed by atoms with Gasteiger partial charge in [0.1, 0.15) is 11.5 Å². The first kappa shape index (κ1) is 19.4. The van der Waals surface area contributed by atoms with E-state index in [1.165, 1.54) is 24.1 Å². The summed E-state index contributed by atoms with van der Waals surface area (Å²) < 4.78 is 24.7. The lowest BCUT2D eigenvalue weighted by Gasteiger charge is -2.13. The Bertz CT molecular complexity index is 1440. The Labute approximate surface area is 181 Å². The Kier molecular flexibility index (Phi) is 4.83. The molecule has 3 aromatic heterocycles. The van der Waals surface area contributed by atoms with Crippen molar-refractivity contribution < 1.29 is 9.13 Å². The Hall–Kier alpha value is -4.53. The van der Waals surface area contributed by atoms with Crippen LogP contribution in [0.4, 0.5) is 4.39 Å². The van der Waals surface area contributed by atoms with Gasteiger partial charge in [0.2, 0.25) is 5.82 Å². The van der Waals surface area contributed by atoms with Crippen molar-refractivity contribution in [1.82, 2.24) is 29.1 Å². The normalized spacial score (nSPS) is 10.9. The number of hydrogen-bond acceptors (Lipinski definition) is 5. The number of methoxy groups -OCH3 is 1. The molecule has 5 rings (SSSR count). The van der Waals surface area contributed by atoms with Crippen LogP contribution >= 0.6 is 0 Å². The SMILES string of the molecule is COc1cn(-c2ccc(-n3cccn3)cc2F)nc(-n2ccnc2-c2ccccc2)c1=O. The highest BCUT2D eigenvalue weighted by Crippen LogP contribution is 2.22. The molecule has 0 aliphatic rings. The van der Waals surface area contributed by atoms with Crippen LogP contribution in [0.1, 0.15) is 0 Å². The number of ether oxygens (including phenoxy) is 1. The number of aromatic nitrogens is 6. The van der Waals surface area contributed by atoms with Gasteiger partial charge < -0.3 is 4.74 Å². The monoisotopic (exact) mass is 428 g/mol. The van der Waals surface area contributed by atoms with E-state index in [0.29, 0.717) is 11.5 Å². The van der Waals surface area contributed by atoms with Crippen LogP contribution in [0.25, 0.3) is 28.6 Å². The van der Waals surface area contributed by atoms with E-state index in [1.54, 1.807) is 52.2 Å². The van der Waals surface area contributed by atoms with Gasteiger partial charge in [-0.25, -0.2) is 18.7 Å². The molecule has 0 radical (unpaired) electrons. The summed E-state index contributed by atoms with van der Waals surface area (Å²) in [5.41, 5.74) is 1.09. The van der Waals surface area contributed by atoms with Gasteiger partial charge >= 0.3 is 0 Å². The van der Waals surface area contributed by atoms with Crippen molar-refractivity contribution in [3.05, 3.63) is 102 Å². The molecule has 32 heavy (non-hydrogen) atoms. The van der Waals surface area contributed by atoms with Crippen molar-refractivity contribution in [3.8, 4) is 34.3 Å². The number of rotatable bonds is 5. The van der Waals surface area contributed by atoms with Crippen LogP contribution in [0.15, 0.2) is 90.4 Å². The maximum atomic E-state index is 15.0. The molecule has 0 bridgehead atoms. The molecule has 0 aliphatic heterocycles. The summed E-state index contributed by atoms with van der Waals surface area (Å²) in [4.78, 5) is 17.4. The molecule has 0 fully saturated rings. The molecule has 0 amide bonds. The minimum Gasteiger partial charge on any atom is -0.491 e. The predicted octanol–water partition coefficient (Wildman–Crippen LogP) is 3.42. The third-order valence-electron chi connectivity index (χ3n) is 4.94. The van der Waals surface area contributed by atoms with E-state index in [0.717, 1.165) is 5.56 Å². The van der Waals surface area contributed by atoms with Crippen LogP contribution in [0.3, 0.4) is 0 Å². The molecule has 2 aromatic carbocycles. The number of benzene rings is 2. The van der Waals surface area contributed by atoms with Crippen molar-refractivity contribution in [3.63, 3.8) is 0 Å². The molecule has 0 aliphatic carbocycles. The number of halogens is 1. The molecule has 9 heteroatoms. The molecule has 158 valence electrons. The summed E-state index contributed by atoms with van der Waals surface area (Å²) in [5, 5.41) is 8.53. The van der Waals surface area contributed by atoms with Crippen LogP contribution in [0.2, 0.25) is 0 Å². The van der Waals surface area contributed by atoms with Gasteiger partial charge in [0.05, 0.1) is 19.0 Å². The maximum Gasteiger partial charge on any atom is 0.266 e. The van der Waals surface area contributed by atoms with Gasteiger partial charge in [-0.1, -0.05) is 30.3 Å². The smallest absolute Gasteiger partial charge is 0.266 e. The first-order chi connectivity index (χ1) is 15.7. The van der Waals surface area contributed by atoms with Crippen LogP contribution in [0, 0.1) is 5.82 Å². The van der Waals surface area contributed by atoms with Gasteiger partial charge in [-0.15, -0.1) is 5.10 Å². The molecular weight excluding hydrogens is 411 g/mol. The number of imidazole rings is 1. The van der Waals surface area contributed by atoms with E-state index < -0.39 is 11.2 Å². The third kappa shape index (κ3) is 3.35. The fourth-order valence-electron chi connectivity index (χ4n) is 3.40. The number of hydrogen-bond donors (Lipinski definition) is 0. The van der Waals surface area contributed by atoms with Gasteiger partial charge in [0, 0.05) is 36.4 Å². The minimum absolute atomic E-state index is 0.0262. The Morgan fingerprint density at radius 2 is 1.81 bits per heavy atom. The molecule has 8 nitrogen and oxygen atoms in total. The largest absolute Gasteiger partial charge is 0.491 e. The molecule has 5 aromatic rings. The van der Waals surface area contributed by atoms with Crippen LogP contribution in [-0.2, 0) is 0 Å². The Balaban J connectivity index is 1.66. The van der Waals surface area contributed by atoms with Gasteiger partial charge in [0.15, 0.2) is 11.6 Å². The first-order valence-corrected chi connectivity index (χ1v) is 9.73. The zero-order valence-corrected chi connectivity index (χ0v) is 17.0. The third-order valence-corrected chi connectivity index (χ3v) is 4.94. The van der Waals surface area contributed by atoms with Gasteiger partial charge in [-0.05, 0) is 18.2 Å². The van der Waals surface area contributed by atoms with E-state index >= 15 is 4.39 Å². The van der Waals surface area contributed by atoms with Crippen LogP contribution in [-0.4, -0.2) is 36.2 Å². The second-order valence-corrected chi connectivity index (χ2v) is 6.87. The second kappa shape index (κ2) is 7.95. The zero-order chi connectivity index (χ0) is 22.1. The van der Waals surface area contributed by atoms with E-state index in [-0.39, 0.29) is 17.3 Å². The summed E-state index contributed by atoms with van der Waals surface area (Å²) in [6, 6.07) is 15.8. The first-order valence-electron chi connectivity index (χ1n) is 9.73. The van der Waals surface area contributed by atoms with Crippen LogP contribution < -0.4 is 10.2 Å².